The maximum atomic E-state index is 12.9. The first-order chi connectivity index (χ1) is 10.5. The molecule has 2 aromatic rings. The summed E-state index contributed by atoms with van der Waals surface area (Å²) in [6, 6.07) is 11.3. The van der Waals surface area contributed by atoms with E-state index < -0.39 is 0 Å². The van der Waals surface area contributed by atoms with Gasteiger partial charge < -0.3 is 10.1 Å². The lowest BCUT2D eigenvalue weighted by Gasteiger charge is -2.19. The van der Waals surface area contributed by atoms with Gasteiger partial charge in [0, 0.05) is 5.56 Å². The SMILES string of the molecule is CC[C@@H](NC(=O)c1ccc(F)cc1)c1ccc(OC)c(C)c1. The Morgan fingerprint density at radius 1 is 1.23 bits per heavy atom. The summed E-state index contributed by atoms with van der Waals surface area (Å²) in [6.45, 7) is 3.98. The first-order valence-corrected chi connectivity index (χ1v) is 7.26. The first-order valence-electron chi connectivity index (χ1n) is 7.26. The number of nitrogens with one attached hydrogen (secondary N) is 1. The fraction of sp³-hybridized carbons (Fsp3) is 0.278. The van der Waals surface area contributed by atoms with Crippen molar-refractivity contribution in [3.05, 3.63) is 65.0 Å². The van der Waals surface area contributed by atoms with Crippen LogP contribution < -0.4 is 10.1 Å². The molecule has 0 aliphatic rings. The highest BCUT2D eigenvalue weighted by Gasteiger charge is 2.15. The van der Waals surface area contributed by atoms with Crippen LogP contribution in [0.5, 0.6) is 5.75 Å². The van der Waals surface area contributed by atoms with E-state index in [1.807, 2.05) is 32.0 Å². The number of methoxy groups -OCH3 is 1. The second-order valence-corrected chi connectivity index (χ2v) is 5.17. The van der Waals surface area contributed by atoms with Gasteiger partial charge in [-0.05, 0) is 54.8 Å². The van der Waals surface area contributed by atoms with Crippen molar-refractivity contribution >= 4 is 5.91 Å². The summed E-state index contributed by atoms with van der Waals surface area (Å²) in [7, 11) is 1.63. The summed E-state index contributed by atoms with van der Waals surface area (Å²) < 4.78 is 18.2. The Kier molecular flexibility index (Phi) is 5.15. The van der Waals surface area contributed by atoms with Crippen molar-refractivity contribution in [3.8, 4) is 5.75 Å². The molecule has 1 atom stereocenters. The molecule has 2 rings (SSSR count). The zero-order valence-electron chi connectivity index (χ0n) is 13.0. The molecule has 0 aliphatic carbocycles. The van der Waals surface area contributed by atoms with Crippen LogP contribution in [-0.4, -0.2) is 13.0 Å². The molecule has 0 aliphatic heterocycles. The quantitative estimate of drug-likeness (QED) is 0.905. The van der Waals surface area contributed by atoms with Crippen molar-refractivity contribution in [2.75, 3.05) is 7.11 Å². The Morgan fingerprint density at radius 3 is 2.45 bits per heavy atom. The number of ether oxygens (including phenoxy) is 1. The van der Waals surface area contributed by atoms with Crippen LogP contribution in [0.1, 0.15) is 40.9 Å². The summed E-state index contributed by atoms with van der Waals surface area (Å²) in [6.07, 6.45) is 0.763. The van der Waals surface area contributed by atoms with Crippen LogP contribution in [0.25, 0.3) is 0 Å². The number of carbonyl (C=O) groups excluding carboxylic acids is 1. The number of benzene rings is 2. The summed E-state index contributed by atoms with van der Waals surface area (Å²) >= 11 is 0. The molecule has 116 valence electrons. The van der Waals surface area contributed by atoms with Crippen LogP contribution in [0.4, 0.5) is 4.39 Å². The largest absolute Gasteiger partial charge is 0.496 e. The predicted molar refractivity (Wildman–Crippen MR) is 84.6 cm³/mol. The van der Waals surface area contributed by atoms with Crippen LogP contribution in [-0.2, 0) is 0 Å². The maximum Gasteiger partial charge on any atom is 0.251 e. The molecule has 1 N–H and O–H groups in total. The minimum Gasteiger partial charge on any atom is -0.496 e. The Bertz CT molecular complexity index is 653. The van der Waals surface area contributed by atoms with E-state index >= 15 is 0 Å². The highest BCUT2D eigenvalue weighted by molar-refractivity contribution is 5.94. The third kappa shape index (κ3) is 3.64. The molecule has 22 heavy (non-hydrogen) atoms. The standard InChI is InChI=1S/C18H20FNO2/c1-4-16(14-7-10-17(22-3)12(2)11-14)20-18(21)13-5-8-15(19)9-6-13/h5-11,16H,4H2,1-3H3,(H,20,21)/t16-/m1/s1. The van der Waals surface area contributed by atoms with Crippen molar-refractivity contribution in [1.82, 2.24) is 5.32 Å². The molecule has 0 unspecified atom stereocenters. The van der Waals surface area contributed by atoms with Gasteiger partial charge in [-0.1, -0.05) is 19.1 Å². The van der Waals surface area contributed by atoms with Crippen LogP contribution in [0.3, 0.4) is 0 Å². The molecule has 0 heterocycles. The van der Waals surface area contributed by atoms with Gasteiger partial charge in [0.1, 0.15) is 11.6 Å². The molecule has 2 aromatic carbocycles. The van der Waals surface area contributed by atoms with Crippen molar-refractivity contribution in [2.24, 2.45) is 0 Å². The number of hydrogen-bond donors (Lipinski definition) is 1. The molecule has 4 heteroatoms. The minimum absolute atomic E-state index is 0.0952. The molecule has 0 radical (unpaired) electrons. The molecule has 0 fully saturated rings. The van der Waals surface area contributed by atoms with Gasteiger partial charge in [-0.2, -0.15) is 0 Å². The van der Waals surface area contributed by atoms with E-state index in [1.165, 1.54) is 24.3 Å². The van der Waals surface area contributed by atoms with Crippen LogP contribution in [0.15, 0.2) is 42.5 Å². The molecule has 0 bridgehead atoms. The van der Waals surface area contributed by atoms with Gasteiger partial charge in [0.15, 0.2) is 0 Å². The number of aryl methyl sites for hydroxylation is 1. The Hall–Kier alpha value is -2.36. The van der Waals surface area contributed by atoms with E-state index in [-0.39, 0.29) is 17.8 Å². The number of carbonyl (C=O) groups is 1. The number of amides is 1. The molecule has 1 amide bonds. The second-order valence-electron chi connectivity index (χ2n) is 5.17. The van der Waals surface area contributed by atoms with Gasteiger partial charge in [-0.15, -0.1) is 0 Å². The van der Waals surface area contributed by atoms with Gasteiger partial charge in [0.2, 0.25) is 0 Å². The predicted octanol–water partition coefficient (Wildman–Crippen LogP) is 4.02. The topological polar surface area (TPSA) is 38.3 Å². The van der Waals surface area contributed by atoms with Crippen LogP contribution >= 0.6 is 0 Å². The minimum atomic E-state index is -0.352. The fourth-order valence-corrected chi connectivity index (χ4v) is 2.38. The second kappa shape index (κ2) is 7.07. The number of rotatable bonds is 5. The lowest BCUT2D eigenvalue weighted by atomic mass is 10.0. The fourth-order valence-electron chi connectivity index (χ4n) is 2.38. The summed E-state index contributed by atoms with van der Waals surface area (Å²) in [5.74, 6) is 0.262. The highest BCUT2D eigenvalue weighted by atomic mass is 19.1. The van der Waals surface area contributed by atoms with E-state index in [0.717, 1.165) is 23.3 Å². The first kappa shape index (κ1) is 16.0. The van der Waals surface area contributed by atoms with E-state index in [9.17, 15) is 9.18 Å². The summed E-state index contributed by atoms with van der Waals surface area (Å²) in [4.78, 5) is 12.2. The van der Waals surface area contributed by atoms with Crippen molar-refractivity contribution < 1.29 is 13.9 Å². The highest BCUT2D eigenvalue weighted by Crippen LogP contribution is 2.24. The molecule has 0 saturated heterocycles. The van der Waals surface area contributed by atoms with E-state index in [0.29, 0.717) is 5.56 Å². The Morgan fingerprint density at radius 2 is 1.91 bits per heavy atom. The third-order valence-electron chi connectivity index (χ3n) is 3.64. The van der Waals surface area contributed by atoms with Crippen molar-refractivity contribution in [2.45, 2.75) is 26.3 Å². The van der Waals surface area contributed by atoms with Crippen LogP contribution in [0.2, 0.25) is 0 Å². The Labute approximate surface area is 130 Å². The molecular weight excluding hydrogens is 281 g/mol. The number of hydrogen-bond acceptors (Lipinski definition) is 2. The van der Waals surface area contributed by atoms with Gasteiger partial charge in [-0.3, -0.25) is 4.79 Å². The van der Waals surface area contributed by atoms with Gasteiger partial charge >= 0.3 is 0 Å². The summed E-state index contributed by atoms with van der Waals surface area (Å²) in [5, 5.41) is 2.98. The lowest BCUT2D eigenvalue weighted by molar-refractivity contribution is 0.0935. The zero-order chi connectivity index (χ0) is 16.1. The van der Waals surface area contributed by atoms with Crippen molar-refractivity contribution in [1.29, 1.82) is 0 Å². The van der Waals surface area contributed by atoms with Gasteiger partial charge in [0.25, 0.3) is 5.91 Å². The van der Waals surface area contributed by atoms with Crippen LogP contribution in [0, 0.1) is 12.7 Å². The third-order valence-corrected chi connectivity index (χ3v) is 3.64. The lowest BCUT2D eigenvalue weighted by Crippen LogP contribution is -2.28. The zero-order valence-corrected chi connectivity index (χ0v) is 13.0. The van der Waals surface area contributed by atoms with Gasteiger partial charge in [0.05, 0.1) is 13.2 Å². The monoisotopic (exact) mass is 301 g/mol. The normalized spacial score (nSPS) is 11.8. The summed E-state index contributed by atoms with van der Waals surface area (Å²) in [5.41, 5.74) is 2.50. The Balaban J connectivity index is 2.16. The van der Waals surface area contributed by atoms with E-state index in [4.69, 9.17) is 4.74 Å². The molecule has 0 aromatic heterocycles. The molecule has 0 saturated carbocycles. The number of halogens is 1. The molecular formula is C18H20FNO2. The molecule has 0 spiro atoms. The smallest absolute Gasteiger partial charge is 0.251 e. The average molecular weight is 301 g/mol. The maximum absolute atomic E-state index is 12.9. The van der Waals surface area contributed by atoms with Crippen molar-refractivity contribution in [3.63, 3.8) is 0 Å². The van der Waals surface area contributed by atoms with Gasteiger partial charge in [-0.25, -0.2) is 4.39 Å². The van der Waals surface area contributed by atoms with E-state index in [1.54, 1.807) is 7.11 Å². The average Bonchev–Trinajstić information content (AvgIpc) is 2.53. The molecule has 3 nitrogen and oxygen atoms in total. The van der Waals surface area contributed by atoms with E-state index in [2.05, 4.69) is 5.32 Å².